The van der Waals surface area contributed by atoms with E-state index >= 15 is 0 Å². The Morgan fingerprint density at radius 3 is 2.19 bits per heavy atom. The van der Waals surface area contributed by atoms with E-state index < -0.39 is 10.0 Å². The molecule has 0 fully saturated rings. The Labute approximate surface area is 100 Å². The first-order valence-corrected chi connectivity index (χ1v) is 7.43. The maximum Gasteiger partial charge on any atom is 0.211 e. The van der Waals surface area contributed by atoms with Crippen molar-refractivity contribution in [2.45, 2.75) is 34.1 Å². The van der Waals surface area contributed by atoms with Crippen molar-refractivity contribution in [2.24, 2.45) is 11.3 Å². The normalized spacial score (nSPS) is 15.1. The molecule has 0 amide bonds. The van der Waals surface area contributed by atoms with Crippen molar-refractivity contribution in [1.29, 1.82) is 0 Å². The van der Waals surface area contributed by atoms with E-state index in [0.717, 1.165) is 6.54 Å². The van der Waals surface area contributed by atoms with Gasteiger partial charge < -0.3 is 5.32 Å². The van der Waals surface area contributed by atoms with Crippen LogP contribution in [-0.2, 0) is 10.0 Å². The Balaban J connectivity index is 3.97. The molecule has 0 aliphatic carbocycles. The topological polar surface area (TPSA) is 58.2 Å². The quantitative estimate of drug-likeness (QED) is 0.714. The van der Waals surface area contributed by atoms with E-state index in [1.54, 1.807) is 0 Å². The fourth-order valence-corrected chi connectivity index (χ4v) is 2.77. The lowest BCUT2D eigenvalue weighted by Gasteiger charge is -2.18. The van der Waals surface area contributed by atoms with Gasteiger partial charge in [-0.15, -0.1) is 0 Å². The van der Waals surface area contributed by atoms with Gasteiger partial charge in [0.05, 0.1) is 5.75 Å². The van der Waals surface area contributed by atoms with Gasteiger partial charge in [0.1, 0.15) is 0 Å². The van der Waals surface area contributed by atoms with Crippen LogP contribution in [0, 0.1) is 11.3 Å². The van der Waals surface area contributed by atoms with Crippen molar-refractivity contribution in [1.82, 2.24) is 10.0 Å². The SMILES string of the molecule is CNCC(C)CNS(=O)(=O)CCC(C)(C)C. The molecule has 0 aliphatic rings. The Bertz CT molecular complexity index is 281. The molecule has 0 spiro atoms. The van der Waals surface area contributed by atoms with E-state index in [9.17, 15) is 8.42 Å². The number of hydrogen-bond acceptors (Lipinski definition) is 3. The summed E-state index contributed by atoms with van der Waals surface area (Å²) >= 11 is 0. The molecule has 0 saturated carbocycles. The number of hydrogen-bond donors (Lipinski definition) is 2. The lowest BCUT2D eigenvalue weighted by molar-refractivity contribution is 0.396. The van der Waals surface area contributed by atoms with Crippen LogP contribution in [0.15, 0.2) is 0 Å². The molecule has 0 aromatic carbocycles. The highest BCUT2D eigenvalue weighted by atomic mass is 32.2. The van der Waals surface area contributed by atoms with Gasteiger partial charge in [0.15, 0.2) is 0 Å². The van der Waals surface area contributed by atoms with Crippen molar-refractivity contribution in [3.63, 3.8) is 0 Å². The Kier molecular flexibility index (Phi) is 6.51. The van der Waals surface area contributed by atoms with Crippen molar-refractivity contribution in [2.75, 3.05) is 25.9 Å². The second-order valence-corrected chi connectivity index (χ2v) is 7.57. The monoisotopic (exact) mass is 250 g/mol. The third-order valence-corrected chi connectivity index (χ3v) is 3.67. The van der Waals surface area contributed by atoms with Crippen LogP contribution in [0.3, 0.4) is 0 Å². The molecule has 0 aliphatic heterocycles. The molecule has 2 N–H and O–H groups in total. The van der Waals surface area contributed by atoms with Gasteiger partial charge in [-0.1, -0.05) is 27.7 Å². The fourth-order valence-electron chi connectivity index (χ4n) is 1.20. The third kappa shape index (κ3) is 9.12. The van der Waals surface area contributed by atoms with Crippen LogP contribution in [0.5, 0.6) is 0 Å². The first-order valence-electron chi connectivity index (χ1n) is 5.78. The Morgan fingerprint density at radius 1 is 1.19 bits per heavy atom. The molecule has 0 rings (SSSR count). The summed E-state index contributed by atoms with van der Waals surface area (Å²) < 4.78 is 26.0. The van der Waals surface area contributed by atoms with E-state index in [2.05, 4.69) is 10.0 Å². The molecule has 16 heavy (non-hydrogen) atoms. The van der Waals surface area contributed by atoms with E-state index in [1.165, 1.54) is 0 Å². The average molecular weight is 250 g/mol. The summed E-state index contributed by atoms with van der Waals surface area (Å²) in [6.07, 6.45) is 0.683. The summed E-state index contributed by atoms with van der Waals surface area (Å²) in [5.41, 5.74) is 0.0609. The second-order valence-electron chi connectivity index (χ2n) is 5.64. The molecule has 1 unspecified atom stereocenters. The standard InChI is InChI=1S/C11H26N2O2S/c1-10(8-12-5)9-13-16(14,15)7-6-11(2,3)4/h10,12-13H,6-9H2,1-5H3. The summed E-state index contributed by atoms with van der Waals surface area (Å²) in [4.78, 5) is 0. The van der Waals surface area contributed by atoms with Crippen molar-refractivity contribution >= 4 is 10.0 Å². The molecule has 0 heterocycles. The summed E-state index contributed by atoms with van der Waals surface area (Å²) in [5.74, 6) is 0.525. The van der Waals surface area contributed by atoms with Crippen molar-refractivity contribution < 1.29 is 8.42 Å². The third-order valence-electron chi connectivity index (χ3n) is 2.33. The van der Waals surface area contributed by atoms with Crippen LogP contribution < -0.4 is 10.0 Å². The van der Waals surface area contributed by atoms with Gasteiger partial charge in [0, 0.05) is 6.54 Å². The van der Waals surface area contributed by atoms with Crippen molar-refractivity contribution in [3.8, 4) is 0 Å². The number of nitrogens with one attached hydrogen (secondary N) is 2. The van der Waals surface area contributed by atoms with Gasteiger partial charge in [-0.2, -0.15) is 0 Å². The number of sulfonamides is 1. The average Bonchev–Trinajstić information content (AvgIpc) is 2.12. The molecular formula is C11H26N2O2S. The van der Waals surface area contributed by atoms with E-state index in [-0.39, 0.29) is 11.2 Å². The van der Waals surface area contributed by atoms with Crippen LogP contribution in [-0.4, -0.2) is 34.3 Å². The largest absolute Gasteiger partial charge is 0.319 e. The molecule has 98 valence electrons. The molecule has 0 radical (unpaired) electrons. The van der Waals surface area contributed by atoms with Crippen LogP contribution in [0.2, 0.25) is 0 Å². The first-order chi connectivity index (χ1) is 7.16. The zero-order valence-electron chi connectivity index (χ0n) is 11.1. The van der Waals surface area contributed by atoms with Crippen LogP contribution in [0.25, 0.3) is 0 Å². The molecule has 4 nitrogen and oxygen atoms in total. The second kappa shape index (κ2) is 6.57. The lowest BCUT2D eigenvalue weighted by atomic mass is 9.94. The molecule has 1 atom stereocenters. The molecule has 5 heteroatoms. The molecule has 0 aromatic heterocycles. The van der Waals surface area contributed by atoms with Crippen molar-refractivity contribution in [3.05, 3.63) is 0 Å². The summed E-state index contributed by atoms with van der Waals surface area (Å²) in [7, 11) is -1.24. The van der Waals surface area contributed by atoms with E-state index in [1.807, 2.05) is 34.7 Å². The number of rotatable bonds is 7. The predicted molar refractivity (Wildman–Crippen MR) is 69.0 cm³/mol. The summed E-state index contributed by atoms with van der Waals surface area (Å²) in [5, 5.41) is 3.03. The van der Waals surface area contributed by atoms with Crippen LogP contribution >= 0.6 is 0 Å². The molecule has 0 aromatic rings. The van der Waals surface area contributed by atoms with E-state index in [0.29, 0.717) is 18.9 Å². The first kappa shape index (κ1) is 15.9. The molecule has 0 saturated heterocycles. The highest BCUT2D eigenvalue weighted by Gasteiger charge is 2.17. The zero-order valence-corrected chi connectivity index (χ0v) is 11.9. The van der Waals surface area contributed by atoms with E-state index in [4.69, 9.17) is 0 Å². The Hall–Kier alpha value is -0.130. The van der Waals surface area contributed by atoms with Crippen LogP contribution in [0.1, 0.15) is 34.1 Å². The van der Waals surface area contributed by atoms with Gasteiger partial charge in [-0.3, -0.25) is 0 Å². The minimum absolute atomic E-state index is 0.0609. The van der Waals surface area contributed by atoms with Gasteiger partial charge >= 0.3 is 0 Å². The maximum absolute atomic E-state index is 11.7. The van der Waals surface area contributed by atoms with Crippen LogP contribution in [0.4, 0.5) is 0 Å². The highest BCUT2D eigenvalue weighted by molar-refractivity contribution is 7.89. The fraction of sp³-hybridized carbons (Fsp3) is 1.00. The minimum Gasteiger partial charge on any atom is -0.319 e. The minimum atomic E-state index is -3.11. The Morgan fingerprint density at radius 2 is 1.75 bits per heavy atom. The summed E-state index contributed by atoms with van der Waals surface area (Å²) in [6, 6.07) is 0. The van der Waals surface area contributed by atoms with Gasteiger partial charge in [0.2, 0.25) is 10.0 Å². The van der Waals surface area contributed by atoms with Gasteiger partial charge in [-0.25, -0.2) is 13.1 Å². The smallest absolute Gasteiger partial charge is 0.211 e. The zero-order chi connectivity index (χ0) is 12.8. The molecule has 0 bridgehead atoms. The lowest BCUT2D eigenvalue weighted by Crippen LogP contribution is -2.34. The maximum atomic E-state index is 11.7. The molecular weight excluding hydrogens is 224 g/mol. The van der Waals surface area contributed by atoms with Gasteiger partial charge in [0.25, 0.3) is 0 Å². The summed E-state index contributed by atoms with van der Waals surface area (Å²) in [6.45, 7) is 9.49. The van der Waals surface area contributed by atoms with Gasteiger partial charge in [-0.05, 0) is 31.3 Å². The predicted octanol–water partition coefficient (Wildman–Crippen LogP) is 1.20. The highest BCUT2D eigenvalue weighted by Crippen LogP contribution is 2.18.